The molecule has 4 bridgehead atoms. The molecule has 0 radical (unpaired) electrons. The van der Waals surface area contributed by atoms with Gasteiger partial charge in [-0.2, -0.15) is 0 Å². The van der Waals surface area contributed by atoms with Crippen LogP contribution in [-0.4, -0.2) is 5.11 Å². The summed E-state index contributed by atoms with van der Waals surface area (Å²) in [5.41, 5.74) is 4.27. The normalized spacial score (nSPS) is 29.5. The van der Waals surface area contributed by atoms with Gasteiger partial charge in [0, 0.05) is 21.9 Å². The monoisotopic (exact) mass is 478 g/mol. The minimum Gasteiger partial charge on any atom is -0.456 e. The molecule has 0 amide bonds. The van der Waals surface area contributed by atoms with Gasteiger partial charge in [0.2, 0.25) is 0 Å². The number of rotatable bonds is 2. The van der Waals surface area contributed by atoms with Crippen LogP contribution in [0, 0.1) is 23.7 Å². The maximum atomic E-state index is 12.7. The van der Waals surface area contributed by atoms with Gasteiger partial charge in [0.1, 0.15) is 11.2 Å². The second-order valence-electron chi connectivity index (χ2n) is 11.3. The fraction of sp³-hybridized carbons (Fsp3) is 0.312. The average Bonchev–Trinajstić information content (AvgIpc) is 3.22. The van der Waals surface area contributed by atoms with Crippen LogP contribution in [0.3, 0.4) is 0 Å². The summed E-state index contributed by atoms with van der Waals surface area (Å²) in [6.07, 6.45) is 6.02. The van der Waals surface area contributed by atoms with Gasteiger partial charge in [0.25, 0.3) is 0 Å². The lowest BCUT2D eigenvalue weighted by Gasteiger charge is -2.59. The zero-order chi connectivity index (χ0) is 23.3. The Morgan fingerprint density at radius 3 is 2.17 bits per heavy atom. The second-order valence-corrected chi connectivity index (χ2v) is 11.7. The van der Waals surface area contributed by atoms with E-state index in [1.807, 2.05) is 18.2 Å². The van der Waals surface area contributed by atoms with Crippen LogP contribution in [0.2, 0.25) is 5.02 Å². The van der Waals surface area contributed by atoms with Crippen LogP contribution in [-0.2, 0) is 5.60 Å². The van der Waals surface area contributed by atoms with E-state index in [-0.39, 0.29) is 0 Å². The summed E-state index contributed by atoms with van der Waals surface area (Å²) in [6.45, 7) is 0. The highest BCUT2D eigenvalue weighted by molar-refractivity contribution is 6.31. The van der Waals surface area contributed by atoms with E-state index in [1.54, 1.807) is 0 Å². The van der Waals surface area contributed by atoms with E-state index < -0.39 is 5.60 Å². The molecule has 1 aromatic heterocycles. The van der Waals surface area contributed by atoms with Crippen molar-refractivity contribution in [1.82, 2.24) is 0 Å². The van der Waals surface area contributed by atoms with Gasteiger partial charge in [0.05, 0.1) is 5.60 Å². The van der Waals surface area contributed by atoms with Crippen molar-refractivity contribution in [2.45, 2.75) is 37.7 Å². The van der Waals surface area contributed by atoms with Gasteiger partial charge in [0.15, 0.2) is 0 Å². The summed E-state index contributed by atoms with van der Waals surface area (Å²) < 4.78 is 6.24. The number of hydrogen-bond donors (Lipinski definition) is 1. The third-order valence-corrected chi connectivity index (χ3v) is 9.69. The number of fused-ring (bicyclic) bond motifs is 4. The van der Waals surface area contributed by atoms with Crippen LogP contribution in [0.15, 0.2) is 77.2 Å². The molecule has 9 rings (SSSR count). The Kier molecular flexibility index (Phi) is 4.15. The first kappa shape index (κ1) is 20.4. The van der Waals surface area contributed by atoms with Crippen LogP contribution >= 0.6 is 11.6 Å². The van der Waals surface area contributed by atoms with E-state index in [0.29, 0.717) is 16.9 Å². The van der Waals surface area contributed by atoms with Gasteiger partial charge in [-0.05, 0) is 108 Å². The lowest BCUT2D eigenvalue weighted by molar-refractivity contribution is -0.178. The molecule has 4 fully saturated rings. The summed E-state index contributed by atoms with van der Waals surface area (Å²) in [7, 11) is 0. The Bertz CT molecular complexity index is 1620. The van der Waals surface area contributed by atoms with E-state index in [0.717, 1.165) is 76.1 Å². The Labute approximate surface area is 209 Å². The fourth-order valence-corrected chi connectivity index (χ4v) is 8.34. The van der Waals surface area contributed by atoms with Crippen molar-refractivity contribution in [2.24, 2.45) is 23.7 Å². The first-order chi connectivity index (χ1) is 17.1. The SMILES string of the molecule is OC1(c2c(-c3ccc4c(c3)oc3cc(Cl)ccc34)ccc3ccccc23)C2CC3CC(C2)CC1C3. The van der Waals surface area contributed by atoms with Crippen LogP contribution < -0.4 is 0 Å². The van der Waals surface area contributed by atoms with Crippen LogP contribution in [0.25, 0.3) is 43.8 Å². The van der Waals surface area contributed by atoms with Crippen molar-refractivity contribution in [1.29, 1.82) is 0 Å². The molecule has 0 unspecified atom stereocenters. The van der Waals surface area contributed by atoms with Crippen molar-refractivity contribution < 1.29 is 9.52 Å². The van der Waals surface area contributed by atoms with Crippen molar-refractivity contribution in [2.75, 3.05) is 0 Å². The van der Waals surface area contributed by atoms with Gasteiger partial charge in [-0.1, -0.05) is 54.1 Å². The molecule has 4 saturated carbocycles. The lowest BCUT2D eigenvalue weighted by atomic mass is 9.48. The Morgan fingerprint density at radius 1 is 0.714 bits per heavy atom. The van der Waals surface area contributed by atoms with E-state index in [2.05, 4.69) is 54.6 Å². The molecule has 0 atom stereocenters. The molecule has 1 heterocycles. The molecule has 35 heavy (non-hydrogen) atoms. The molecule has 3 heteroatoms. The largest absolute Gasteiger partial charge is 0.456 e. The van der Waals surface area contributed by atoms with Crippen LogP contribution in [0.4, 0.5) is 0 Å². The van der Waals surface area contributed by atoms with Gasteiger partial charge < -0.3 is 9.52 Å². The van der Waals surface area contributed by atoms with Gasteiger partial charge in [-0.3, -0.25) is 0 Å². The number of halogens is 1. The average molecular weight is 479 g/mol. The van der Waals surface area contributed by atoms with E-state index in [4.69, 9.17) is 16.0 Å². The van der Waals surface area contributed by atoms with Gasteiger partial charge in [-0.25, -0.2) is 0 Å². The quantitative estimate of drug-likeness (QED) is 0.275. The maximum Gasteiger partial charge on any atom is 0.136 e. The minimum absolute atomic E-state index is 0.348. The standard InChI is InChI=1S/C32H27ClO2/c33-24-7-10-28-27-9-6-21(16-29(27)35-30(28)17-24)26-8-5-20-3-1-2-4-25(20)31(26)32(34)22-12-18-11-19(14-22)15-23(32)13-18/h1-10,16-19,22-23,34H,11-15H2. The predicted octanol–water partition coefficient (Wildman–Crippen LogP) is 8.70. The Balaban J connectivity index is 1.38. The molecule has 0 saturated heterocycles. The first-order valence-corrected chi connectivity index (χ1v) is 13.3. The van der Waals surface area contributed by atoms with E-state index in [1.165, 1.54) is 17.2 Å². The fourth-order valence-electron chi connectivity index (χ4n) is 8.17. The number of benzene rings is 4. The lowest BCUT2D eigenvalue weighted by Crippen LogP contribution is -2.55. The molecular weight excluding hydrogens is 452 g/mol. The Hall–Kier alpha value is -2.81. The molecule has 4 aromatic carbocycles. The molecule has 2 nitrogen and oxygen atoms in total. The molecule has 4 aliphatic rings. The molecule has 5 aromatic rings. The van der Waals surface area contributed by atoms with Crippen molar-refractivity contribution in [3.05, 3.63) is 83.4 Å². The summed E-state index contributed by atoms with van der Waals surface area (Å²) in [5, 5.41) is 18.0. The molecule has 0 aliphatic heterocycles. The molecular formula is C32H27ClO2. The van der Waals surface area contributed by atoms with Gasteiger partial charge in [-0.15, -0.1) is 0 Å². The third-order valence-electron chi connectivity index (χ3n) is 9.46. The topological polar surface area (TPSA) is 33.4 Å². The molecule has 4 aliphatic carbocycles. The van der Waals surface area contributed by atoms with Crippen LogP contribution in [0.1, 0.15) is 37.7 Å². The van der Waals surface area contributed by atoms with Crippen molar-refractivity contribution >= 4 is 44.3 Å². The van der Waals surface area contributed by atoms with Gasteiger partial charge >= 0.3 is 0 Å². The van der Waals surface area contributed by atoms with Crippen molar-refractivity contribution in [3.63, 3.8) is 0 Å². The number of hydrogen-bond acceptors (Lipinski definition) is 2. The van der Waals surface area contributed by atoms with Crippen molar-refractivity contribution in [3.8, 4) is 11.1 Å². The minimum atomic E-state index is -0.778. The zero-order valence-corrected chi connectivity index (χ0v) is 20.3. The van der Waals surface area contributed by atoms with Crippen LogP contribution in [0.5, 0.6) is 0 Å². The number of furan rings is 1. The predicted molar refractivity (Wildman–Crippen MR) is 143 cm³/mol. The zero-order valence-electron chi connectivity index (χ0n) is 19.5. The maximum absolute atomic E-state index is 12.7. The smallest absolute Gasteiger partial charge is 0.136 e. The van der Waals surface area contributed by atoms with E-state index >= 15 is 0 Å². The highest BCUT2D eigenvalue weighted by atomic mass is 35.5. The second kappa shape index (κ2) is 7.12. The summed E-state index contributed by atoms with van der Waals surface area (Å²) in [6, 6.07) is 25.3. The first-order valence-electron chi connectivity index (χ1n) is 12.9. The van der Waals surface area contributed by atoms with E-state index in [9.17, 15) is 5.11 Å². The summed E-state index contributed by atoms with van der Waals surface area (Å²) in [5.74, 6) is 2.30. The Morgan fingerprint density at radius 2 is 1.40 bits per heavy atom. The summed E-state index contributed by atoms with van der Waals surface area (Å²) >= 11 is 6.22. The molecule has 174 valence electrons. The highest BCUT2D eigenvalue weighted by Crippen LogP contribution is 2.63. The summed E-state index contributed by atoms with van der Waals surface area (Å²) in [4.78, 5) is 0. The number of aliphatic hydroxyl groups is 1. The third kappa shape index (κ3) is 2.81. The molecule has 1 N–H and O–H groups in total. The highest BCUT2D eigenvalue weighted by Gasteiger charge is 2.58. The molecule has 0 spiro atoms.